The fourth-order valence-corrected chi connectivity index (χ4v) is 3.64. The SMILES string of the molecule is CC(CCl)CS(=O)(=O)NC(C)c1ccc(C(F)(F)F)cc1. The summed E-state index contributed by atoms with van der Waals surface area (Å²) in [5.41, 5.74) is -0.304. The Balaban J connectivity index is 2.78. The normalized spacial score (nSPS) is 15.7. The van der Waals surface area contributed by atoms with Gasteiger partial charge < -0.3 is 0 Å². The van der Waals surface area contributed by atoms with Gasteiger partial charge >= 0.3 is 6.18 Å². The minimum absolute atomic E-state index is 0.124. The lowest BCUT2D eigenvalue weighted by atomic mass is 10.1. The summed E-state index contributed by atoms with van der Waals surface area (Å²) >= 11 is 5.57. The van der Waals surface area contributed by atoms with Crippen LogP contribution in [0.3, 0.4) is 0 Å². The van der Waals surface area contributed by atoms with Gasteiger partial charge in [0.25, 0.3) is 0 Å². The molecule has 0 heterocycles. The first kappa shape index (κ1) is 18.3. The smallest absolute Gasteiger partial charge is 0.212 e. The molecular formula is C13H17ClF3NO2S. The first-order valence-electron chi connectivity index (χ1n) is 6.28. The highest BCUT2D eigenvalue weighted by molar-refractivity contribution is 7.89. The lowest BCUT2D eigenvalue weighted by molar-refractivity contribution is -0.137. The summed E-state index contributed by atoms with van der Waals surface area (Å²) < 4.78 is 63.5. The Labute approximate surface area is 127 Å². The lowest BCUT2D eigenvalue weighted by Crippen LogP contribution is -2.31. The second-order valence-corrected chi connectivity index (χ2v) is 7.11. The van der Waals surface area contributed by atoms with Gasteiger partial charge in [-0.15, -0.1) is 11.6 Å². The number of sulfonamides is 1. The van der Waals surface area contributed by atoms with Gasteiger partial charge in [-0.25, -0.2) is 13.1 Å². The van der Waals surface area contributed by atoms with Gasteiger partial charge in [-0.05, 0) is 30.5 Å². The highest BCUT2D eigenvalue weighted by atomic mass is 35.5. The number of rotatable bonds is 6. The van der Waals surface area contributed by atoms with E-state index in [0.717, 1.165) is 12.1 Å². The first-order chi connectivity index (χ1) is 9.55. The summed E-state index contributed by atoms with van der Waals surface area (Å²) in [4.78, 5) is 0. The molecule has 8 heteroatoms. The summed E-state index contributed by atoms with van der Waals surface area (Å²) in [5.74, 6) is -0.110. The zero-order chi connectivity index (χ0) is 16.3. The number of alkyl halides is 4. The number of hydrogen-bond donors (Lipinski definition) is 1. The van der Waals surface area contributed by atoms with E-state index in [0.29, 0.717) is 5.56 Å². The topological polar surface area (TPSA) is 46.2 Å². The minimum Gasteiger partial charge on any atom is -0.212 e. The van der Waals surface area contributed by atoms with Crippen LogP contribution in [0.2, 0.25) is 0 Å². The van der Waals surface area contributed by atoms with E-state index in [9.17, 15) is 21.6 Å². The van der Waals surface area contributed by atoms with Crippen molar-refractivity contribution in [1.82, 2.24) is 4.72 Å². The average Bonchev–Trinajstić information content (AvgIpc) is 2.36. The molecule has 120 valence electrons. The van der Waals surface area contributed by atoms with Crippen molar-refractivity contribution in [3.8, 4) is 0 Å². The third kappa shape index (κ3) is 5.84. The van der Waals surface area contributed by atoms with Crippen LogP contribution in [-0.2, 0) is 16.2 Å². The Morgan fingerprint density at radius 1 is 1.19 bits per heavy atom. The van der Waals surface area contributed by atoms with Crippen molar-refractivity contribution in [2.24, 2.45) is 5.92 Å². The Morgan fingerprint density at radius 3 is 2.14 bits per heavy atom. The van der Waals surface area contributed by atoms with Crippen LogP contribution >= 0.6 is 11.6 Å². The van der Waals surface area contributed by atoms with Crippen LogP contribution in [0, 0.1) is 5.92 Å². The Bertz CT molecular complexity index is 558. The number of hydrogen-bond acceptors (Lipinski definition) is 2. The molecule has 0 saturated carbocycles. The average molecular weight is 344 g/mol. The van der Waals surface area contributed by atoms with E-state index in [-0.39, 0.29) is 17.6 Å². The van der Waals surface area contributed by atoms with E-state index in [2.05, 4.69) is 4.72 Å². The molecule has 21 heavy (non-hydrogen) atoms. The maximum atomic E-state index is 12.5. The third-order valence-electron chi connectivity index (χ3n) is 2.86. The Kier molecular flexibility index (Phi) is 6.07. The maximum absolute atomic E-state index is 12.5. The molecule has 1 aromatic rings. The van der Waals surface area contributed by atoms with Crippen LogP contribution in [0.1, 0.15) is 31.0 Å². The summed E-state index contributed by atoms with van der Waals surface area (Å²) in [6, 6.07) is 3.78. The van der Waals surface area contributed by atoms with Crippen molar-refractivity contribution < 1.29 is 21.6 Å². The molecule has 0 aliphatic heterocycles. The molecule has 2 unspecified atom stereocenters. The Morgan fingerprint density at radius 2 is 1.71 bits per heavy atom. The number of nitrogens with one attached hydrogen (secondary N) is 1. The summed E-state index contributed by atoms with van der Waals surface area (Å²) in [6.45, 7) is 3.28. The predicted octanol–water partition coefficient (Wildman–Crippen LogP) is 3.56. The molecule has 0 amide bonds. The molecule has 0 fully saturated rings. The zero-order valence-electron chi connectivity index (χ0n) is 11.6. The van der Waals surface area contributed by atoms with Crippen LogP contribution in [-0.4, -0.2) is 20.1 Å². The highest BCUT2D eigenvalue weighted by Crippen LogP contribution is 2.30. The lowest BCUT2D eigenvalue weighted by Gasteiger charge is -2.17. The monoisotopic (exact) mass is 343 g/mol. The van der Waals surface area contributed by atoms with Crippen LogP contribution in [0.15, 0.2) is 24.3 Å². The van der Waals surface area contributed by atoms with E-state index < -0.39 is 27.8 Å². The minimum atomic E-state index is -4.41. The summed E-state index contributed by atoms with van der Waals surface area (Å²) in [5, 5.41) is 0. The van der Waals surface area contributed by atoms with Gasteiger partial charge in [0.15, 0.2) is 0 Å². The fraction of sp³-hybridized carbons (Fsp3) is 0.538. The molecule has 1 rings (SSSR count). The molecule has 1 N–H and O–H groups in total. The van der Waals surface area contributed by atoms with Crippen molar-refractivity contribution in [2.75, 3.05) is 11.6 Å². The van der Waals surface area contributed by atoms with Gasteiger partial charge in [0.2, 0.25) is 10.0 Å². The molecular weight excluding hydrogens is 327 g/mol. The third-order valence-corrected chi connectivity index (χ3v) is 5.11. The van der Waals surface area contributed by atoms with E-state index in [1.54, 1.807) is 13.8 Å². The number of halogens is 4. The molecule has 1 aromatic carbocycles. The van der Waals surface area contributed by atoms with E-state index in [1.807, 2.05) is 0 Å². The standard InChI is InChI=1S/C13H17ClF3NO2S/c1-9(7-14)8-21(19,20)18-10(2)11-3-5-12(6-4-11)13(15,16)17/h3-6,9-10,18H,7-8H2,1-2H3. The van der Waals surface area contributed by atoms with Gasteiger partial charge in [0.1, 0.15) is 0 Å². The van der Waals surface area contributed by atoms with Gasteiger partial charge in [0, 0.05) is 11.9 Å². The van der Waals surface area contributed by atoms with Crippen molar-refractivity contribution in [3.05, 3.63) is 35.4 Å². The number of benzene rings is 1. The first-order valence-corrected chi connectivity index (χ1v) is 8.47. The van der Waals surface area contributed by atoms with E-state index >= 15 is 0 Å². The molecule has 0 bridgehead atoms. The van der Waals surface area contributed by atoms with Gasteiger partial charge in [-0.3, -0.25) is 0 Å². The quantitative estimate of drug-likeness (QED) is 0.803. The van der Waals surface area contributed by atoms with Gasteiger partial charge in [-0.1, -0.05) is 19.1 Å². The molecule has 0 spiro atoms. The largest absolute Gasteiger partial charge is 0.416 e. The van der Waals surface area contributed by atoms with Crippen molar-refractivity contribution in [2.45, 2.75) is 26.1 Å². The van der Waals surface area contributed by atoms with Crippen LogP contribution in [0.25, 0.3) is 0 Å². The van der Waals surface area contributed by atoms with Crippen LogP contribution in [0.5, 0.6) is 0 Å². The predicted molar refractivity (Wildman–Crippen MR) is 76.7 cm³/mol. The zero-order valence-corrected chi connectivity index (χ0v) is 13.2. The van der Waals surface area contributed by atoms with Crippen LogP contribution < -0.4 is 4.72 Å². The molecule has 2 atom stereocenters. The van der Waals surface area contributed by atoms with Crippen LogP contribution in [0.4, 0.5) is 13.2 Å². The van der Waals surface area contributed by atoms with E-state index in [4.69, 9.17) is 11.6 Å². The second kappa shape index (κ2) is 6.98. The molecule has 0 aliphatic carbocycles. The van der Waals surface area contributed by atoms with E-state index in [1.165, 1.54) is 12.1 Å². The highest BCUT2D eigenvalue weighted by Gasteiger charge is 2.30. The van der Waals surface area contributed by atoms with Crippen molar-refractivity contribution >= 4 is 21.6 Å². The molecule has 3 nitrogen and oxygen atoms in total. The van der Waals surface area contributed by atoms with Crippen molar-refractivity contribution in [3.63, 3.8) is 0 Å². The second-order valence-electron chi connectivity index (χ2n) is 5.00. The Hall–Kier alpha value is -0.790. The van der Waals surface area contributed by atoms with Crippen molar-refractivity contribution in [1.29, 1.82) is 0 Å². The van der Waals surface area contributed by atoms with Gasteiger partial charge in [-0.2, -0.15) is 13.2 Å². The fourth-order valence-electron chi connectivity index (χ4n) is 1.77. The molecule has 0 aromatic heterocycles. The van der Waals surface area contributed by atoms with Gasteiger partial charge in [0.05, 0.1) is 11.3 Å². The molecule has 0 radical (unpaired) electrons. The molecule has 0 aliphatic rings. The molecule has 0 saturated heterocycles. The maximum Gasteiger partial charge on any atom is 0.416 e. The summed E-state index contributed by atoms with van der Waals surface area (Å²) in [6.07, 6.45) is -4.41. The summed E-state index contributed by atoms with van der Waals surface area (Å²) in [7, 11) is -3.54.